The lowest BCUT2D eigenvalue weighted by Gasteiger charge is -2.23. The summed E-state index contributed by atoms with van der Waals surface area (Å²) < 4.78 is 0. The van der Waals surface area contributed by atoms with Crippen LogP contribution in [0.3, 0.4) is 0 Å². The van der Waals surface area contributed by atoms with Crippen LogP contribution in [0, 0.1) is 0 Å². The average Bonchev–Trinajstić information content (AvgIpc) is 2.55. The molecule has 0 saturated heterocycles. The number of hydrogen-bond donors (Lipinski definition) is 3. The number of aromatic carboxylic acids is 1. The van der Waals surface area contributed by atoms with Crippen LogP contribution in [0.2, 0.25) is 0 Å². The molecule has 1 aromatic rings. The van der Waals surface area contributed by atoms with Gasteiger partial charge in [-0.2, -0.15) is 0 Å². The van der Waals surface area contributed by atoms with Gasteiger partial charge in [0, 0.05) is 6.20 Å². The Bertz CT molecular complexity index is 422. The standard InChI is InChI=1S/C13H18N2O3/c16-12-5-3-1-2-4-10(12)15-11-8-14-7-6-9(11)13(17)18/h6-8,10,12,15-16H,1-5H2,(H,17,18). The monoisotopic (exact) mass is 250 g/mol. The van der Waals surface area contributed by atoms with Gasteiger partial charge in [-0.3, -0.25) is 4.98 Å². The summed E-state index contributed by atoms with van der Waals surface area (Å²) in [5.41, 5.74) is 0.678. The van der Waals surface area contributed by atoms with E-state index in [1.54, 1.807) is 0 Å². The molecular formula is C13H18N2O3. The van der Waals surface area contributed by atoms with Crippen molar-refractivity contribution in [3.8, 4) is 0 Å². The van der Waals surface area contributed by atoms with Crippen molar-refractivity contribution in [1.29, 1.82) is 0 Å². The highest BCUT2D eigenvalue weighted by Crippen LogP contribution is 2.23. The van der Waals surface area contributed by atoms with E-state index in [4.69, 9.17) is 5.11 Å². The van der Waals surface area contributed by atoms with E-state index in [2.05, 4.69) is 10.3 Å². The Morgan fingerprint density at radius 1 is 1.33 bits per heavy atom. The molecule has 3 N–H and O–H groups in total. The zero-order valence-electron chi connectivity index (χ0n) is 10.2. The molecule has 0 spiro atoms. The summed E-state index contributed by atoms with van der Waals surface area (Å²) in [6.07, 6.45) is 7.35. The molecule has 98 valence electrons. The minimum absolute atomic E-state index is 0.0881. The number of rotatable bonds is 3. The largest absolute Gasteiger partial charge is 0.478 e. The molecule has 2 unspecified atom stereocenters. The minimum atomic E-state index is -0.983. The van der Waals surface area contributed by atoms with E-state index in [9.17, 15) is 9.90 Å². The van der Waals surface area contributed by atoms with Crippen LogP contribution < -0.4 is 5.32 Å². The predicted molar refractivity (Wildman–Crippen MR) is 67.7 cm³/mol. The van der Waals surface area contributed by atoms with Gasteiger partial charge >= 0.3 is 5.97 Å². The van der Waals surface area contributed by atoms with Gasteiger partial charge in [0.25, 0.3) is 0 Å². The van der Waals surface area contributed by atoms with Gasteiger partial charge in [0.2, 0.25) is 0 Å². The third-order valence-electron chi connectivity index (χ3n) is 3.37. The number of carboxylic acids is 1. The fraction of sp³-hybridized carbons (Fsp3) is 0.538. The molecule has 1 fully saturated rings. The van der Waals surface area contributed by atoms with Crippen LogP contribution in [-0.2, 0) is 0 Å². The zero-order chi connectivity index (χ0) is 13.0. The number of aliphatic hydroxyl groups is 1. The van der Waals surface area contributed by atoms with Crippen LogP contribution in [0.4, 0.5) is 5.69 Å². The van der Waals surface area contributed by atoms with E-state index in [1.165, 1.54) is 18.5 Å². The summed E-state index contributed by atoms with van der Waals surface area (Å²) in [6, 6.07) is 1.38. The highest BCUT2D eigenvalue weighted by Gasteiger charge is 2.23. The third kappa shape index (κ3) is 2.98. The van der Waals surface area contributed by atoms with Crippen molar-refractivity contribution >= 4 is 11.7 Å². The van der Waals surface area contributed by atoms with Crippen molar-refractivity contribution in [1.82, 2.24) is 4.98 Å². The number of anilines is 1. The van der Waals surface area contributed by atoms with Crippen molar-refractivity contribution in [3.63, 3.8) is 0 Å². The number of hydrogen-bond acceptors (Lipinski definition) is 4. The van der Waals surface area contributed by atoms with E-state index in [-0.39, 0.29) is 11.6 Å². The molecule has 0 bridgehead atoms. The van der Waals surface area contributed by atoms with Crippen molar-refractivity contribution in [3.05, 3.63) is 24.0 Å². The molecule has 0 amide bonds. The maximum absolute atomic E-state index is 11.1. The summed E-state index contributed by atoms with van der Waals surface area (Å²) in [4.78, 5) is 15.0. The first-order valence-corrected chi connectivity index (χ1v) is 6.30. The maximum atomic E-state index is 11.1. The van der Waals surface area contributed by atoms with Crippen molar-refractivity contribution in [2.75, 3.05) is 5.32 Å². The molecule has 1 saturated carbocycles. The Morgan fingerprint density at radius 2 is 2.11 bits per heavy atom. The van der Waals surface area contributed by atoms with Gasteiger partial charge in [0.05, 0.1) is 29.6 Å². The molecule has 0 radical (unpaired) electrons. The maximum Gasteiger partial charge on any atom is 0.337 e. The van der Waals surface area contributed by atoms with Crippen LogP contribution in [0.1, 0.15) is 42.5 Å². The Hall–Kier alpha value is -1.62. The van der Waals surface area contributed by atoms with Crippen molar-refractivity contribution in [2.24, 2.45) is 0 Å². The number of nitrogens with one attached hydrogen (secondary N) is 1. The Kier molecular flexibility index (Phi) is 4.15. The fourth-order valence-corrected chi connectivity index (χ4v) is 2.35. The predicted octanol–water partition coefficient (Wildman–Crippen LogP) is 1.89. The summed E-state index contributed by atoms with van der Waals surface area (Å²) in [6.45, 7) is 0. The molecule has 2 atom stereocenters. The highest BCUT2D eigenvalue weighted by molar-refractivity contribution is 5.93. The molecule has 0 aliphatic heterocycles. The van der Waals surface area contributed by atoms with Gasteiger partial charge < -0.3 is 15.5 Å². The van der Waals surface area contributed by atoms with Gasteiger partial charge in [0.15, 0.2) is 0 Å². The van der Waals surface area contributed by atoms with Crippen LogP contribution in [0.25, 0.3) is 0 Å². The van der Waals surface area contributed by atoms with Crippen LogP contribution in [0.5, 0.6) is 0 Å². The van der Waals surface area contributed by atoms with E-state index < -0.39 is 12.1 Å². The molecular weight excluding hydrogens is 232 g/mol. The topological polar surface area (TPSA) is 82.5 Å². The summed E-state index contributed by atoms with van der Waals surface area (Å²) >= 11 is 0. The number of carbonyl (C=O) groups is 1. The Balaban J connectivity index is 2.14. The van der Waals surface area contributed by atoms with Gasteiger partial charge in [-0.05, 0) is 18.9 Å². The van der Waals surface area contributed by atoms with Crippen molar-refractivity contribution in [2.45, 2.75) is 44.2 Å². The molecule has 5 heteroatoms. The molecule has 18 heavy (non-hydrogen) atoms. The van der Waals surface area contributed by atoms with Gasteiger partial charge in [-0.25, -0.2) is 4.79 Å². The second kappa shape index (κ2) is 5.82. The molecule has 5 nitrogen and oxygen atoms in total. The zero-order valence-corrected chi connectivity index (χ0v) is 10.2. The smallest absolute Gasteiger partial charge is 0.337 e. The quantitative estimate of drug-likeness (QED) is 0.713. The van der Waals surface area contributed by atoms with Crippen molar-refractivity contribution < 1.29 is 15.0 Å². The number of aromatic nitrogens is 1. The second-order valence-corrected chi connectivity index (χ2v) is 4.68. The van der Waals surface area contributed by atoms with E-state index >= 15 is 0 Å². The Morgan fingerprint density at radius 3 is 2.89 bits per heavy atom. The van der Waals surface area contributed by atoms with Gasteiger partial charge in [0.1, 0.15) is 0 Å². The first-order chi connectivity index (χ1) is 8.68. The molecule has 0 aromatic carbocycles. The van der Waals surface area contributed by atoms with Crippen LogP contribution >= 0.6 is 0 Å². The number of aliphatic hydroxyl groups excluding tert-OH is 1. The molecule has 1 heterocycles. The summed E-state index contributed by atoms with van der Waals surface area (Å²) in [5, 5.41) is 22.2. The lowest BCUT2D eigenvalue weighted by atomic mass is 10.1. The number of nitrogens with zero attached hydrogens (tertiary/aromatic N) is 1. The molecule has 1 aliphatic rings. The van der Waals surface area contributed by atoms with Crippen LogP contribution in [0.15, 0.2) is 18.5 Å². The lowest BCUT2D eigenvalue weighted by Crippen LogP contribution is -2.33. The minimum Gasteiger partial charge on any atom is -0.478 e. The first kappa shape index (κ1) is 12.8. The van der Waals surface area contributed by atoms with Crippen LogP contribution in [-0.4, -0.2) is 33.3 Å². The van der Waals surface area contributed by atoms with E-state index in [0.717, 1.165) is 32.1 Å². The summed E-state index contributed by atoms with van der Waals surface area (Å²) in [5.74, 6) is -0.983. The van der Waals surface area contributed by atoms with Gasteiger partial charge in [-0.15, -0.1) is 0 Å². The number of pyridine rings is 1. The first-order valence-electron chi connectivity index (χ1n) is 6.30. The molecule has 1 aromatic heterocycles. The van der Waals surface area contributed by atoms with Gasteiger partial charge in [-0.1, -0.05) is 19.3 Å². The fourth-order valence-electron chi connectivity index (χ4n) is 2.35. The molecule has 2 rings (SSSR count). The third-order valence-corrected chi connectivity index (χ3v) is 3.37. The van der Waals surface area contributed by atoms with E-state index in [1.807, 2.05) is 0 Å². The SMILES string of the molecule is O=C(O)c1ccncc1NC1CCCCCC1O. The number of carboxylic acid groups (broad SMARTS) is 1. The lowest BCUT2D eigenvalue weighted by molar-refractivity contribution is 0.0697. The van der Waals surface area contributed by atoms with E-state index in [0.29, 0.717) is 5.69 Å². The average molecular weight is 250 g/mol. The Labute approximate surface area is 106 Å². The second-order valence-electron chi connectivity index (χ2n) is 4.68. The summed E-state index contributed by atoms with van der Waals surface area (Å²) in [7, 11) is 0. The molecule has 1 aliphatic carbocycles. The highest BCUT2D eigenvalue weighted by atomic mass is 16.4. The normalized spacial score (nSPS) is 24.3.